The number of benzene rings is 1. The molecular weight excluding hydrogens is 435 g/mol. The summed E-state index contributed by atoms with van der Waals surface area (Å²) in [6, 6.07) is 9.79. The Labute approximate surface area is 165 Å². The third-order valence-electron chi connectivity index (χ3n) is 3.20. The van der Waals surface area contributed by atoms with Gasteiger partial charge in [-0.3, -0.25) is 4.99 Å². The van der Waals surface area contributed by atoms with Crippen LogP contribution in [0.4, 0.5) is 0 Å². The summed E-state index contributed by atoms with van der Waals surface area (Å²) in [6.45, 7) is 6.25. The van der Waals surface area contributed by atoms with Crippen molar-refractivity contribution in [2.45, 2.75) is 26.3 Å². The minimum Gasteiger partial charge on any atom is -0.492 e. The summed E-state index contributed by atoms with van der Waals surface area (Å²) < 4.78 is 5.64. The Kier molecular flexibility index (Phi) is 9.70. The molecule has 0 atom stereocenters. The second kappa shape index (κ2) is 11.2. The van der Waals surface area contributed by atoms with Crippen molar-refractivity contribution in [3.63, 3.8) is 0 Å². The number of aromatic nitrogens is 1. The molecular formula is C17H25IN4OS. The van der Waals surface area contributed by atoms with Crippen LogP contribution in [-0.2, 0) is 6.54 Å². The van der Waals surface area contributed by atoms with Crippen LogP contribution in [0.25, 0.3) is 0 Å². The number of hydrogen-bond donors (Lipinski definition) is 2. The third-order valence-corrected chi connectivity index (χ3v) is 4.07. The molecule has 0 amide bonds. The van der Waals surface area contributed by atoms with E-state index in [0.717, 1.165) is 22.4 Å². The molecule has 24 heavy (non-hydrogen) atoms. The van der Waals surface area contributed by atoms with Crippen LogP contribution in [0.3, 0.4) is 0 Å². The monoisotopic (exact) mass is 460 g/mol. The van der Waals surface area contributed by atoms with E-state index in [1.54, 1.807) is 18.4 Å². The lowest BCUT2D eigenvalue weighted by molar-refractivity contribution is 0.322. The van der Waals surface area contributed by atoms with Crippen molar-refractivity contribution in [2.75, 3.05) is 20.2 Å². The Morgan fingerprint density at radius 3 is 2.62 bits per heavy atom. The van der Waals surface area contributed by atoms with Gasteiger partial charge in [-0.15, -0.1) is 35.3 Å². The lowest BCUT2D eigenvalue weighted by atomic mass is 10.2. The molecule has 0 saturated carbocycles. The van der Waals surface area contributed by atoms with Crippen LogP contribution in [-0.4, -0.2) is 31.1 Å². The van der Waals surface area contributed by atoms with Crippen LogP contribution in [0.2, 0.25) is 0 Å². The molecule has 5 nitrogen and oxygen atoms in total. The van der Waals surface area contributed by atoms with Gasteiger partial charge in [-0.25, -0.2) is 4.98 Å². The van der Waals surface area contributed by atoms with Gasteiger partial charge in [-0.2, -0.15) is 0 Å². The van der Waals surface area contributed by atoms with Crippen molar-refractivity contribution >= 4 is 41.3 Å². The van der Waals surface area contributed by atoms with Gasteiger partial charge in [0.2, 0.25) is 0 Å². The number of hydrogen-bond acceptors (Lipinski definition) is 4. The molecule has 0 aliphatic carbocycles. The number of nitrogens with one attached hydrogen (secondary N) is 2. The van der Waals surface area contributed by atoms with Crippen molar-refractivity contribution in [3.8, 4) is 5.75 Å². The number of rotatable bonds is 7. The molecule has 0 spiro atoms. The molecule has 1 aromatic carbocycles. The second-order valence-corrected chi connectivity index (χ2v) is 6.28. The van der Waals surface area contributed by atoms with E-state index < -0.39 is 0 Å². The summed E-state index contributed by atoms with van der Waals surface area (Å²) in [5, 5.41) is 9.68. The smallest absolute Gasteiger partial charge is 0.191 e. The topological polar surface area (TPSA) is 58.5 Å². The highest BCUT2D eigenvalue weighted by Crippen LogP contribution is 2.17. The van der Waals surface area contributed by atoms with Crippen LogP contribution in [0.1, 0.15) is 30.5 Å². The van der Waals surface area contributed by atoms with Crippen LogP contribution >= 0.6 is 35.3 Å². The van der Waals surface area contributed by atoms with Crippen LogP contribution in [0, 0.1) is 0 Å². The average molecular weight is 460 g/mol. The van der Waals surface area contributed by atoms with E-state index in [1.807, 2.05) is 30.3 Å². The Hall–Kier alpha value is -1.35. The molecule has 0 saturated heterocycles. The van der Waals surface area contributed by atoms with Gasteiger partial charge >= 0.3 is 0 Å². The number of thiazole rings is 1. The minimum absolute atomic E-state index is 0. The Morgan fingerprint density at radius 2 is 2.00 bits per heavy atom. The first-order valence-electron chi connectivity index (χ1n) is 7.75. The van der Waals surface area contributed by atoms with E-state index in [4.69, 9.17) is 4.74 Å². The quantitative estimate of drug-likeness (QED) is 0.287. The number of para-hydroxylation sites is 1. The fraction of sp³-hybridized carbons (Fsp3) is 0.412. The molecule has 0 aliphatic rings. The number of halogens is 1. The summed E-state index contributed by atoms with van der Waals surface area (Å²) in [5.41, 5.74) is 1.14. The Bertz CT molecular complexity index is 616. The predicted octanol–water partition coefficient (Wildman–Crippen LogP) is 3.63. The van der Waals surface area contributed by atoms with Gasteiger partial charge in [0.25, 0.3) is 0 Å². The fourth-order valence-electron chi connectivity index (χ4n) is 1.91. The van der Waals surface area contributed by atoms with E-state index in [1.165, 1.54) is 0 Å². The molecule has 1 aromatic heterocycles. The van der Waals surface area contributed by atoms with Crippen molar-refractivity contribution in [1.82, 2.24) is 15.6 Å². The van der Waals surface area contributed by atoms with Gasteiger partial charge in [0.15, 0.2) is 5.96 Å². The largest absolute Gasteiger partial charge is 0.492 e. The van der Waals surface area contributed by atoms with E-state index >= 15 is 0 Å². The van der Waals surface area contributed by atoms with Crippen molar-refractivity contribution in [2.24, 2.45) is 4.99 Å². The second-order valence-electron chi connectivity index (χ2n) is 5.33. The normalized spacial score (nSPS) is 11.1. The lowest BCUT2D eigenvalue weighted by Crippen LogP contribution is -2.38. The molecule has 2 N–H and O–H groups in total. The van der Waals surface area contributed by atoms with E-state index in [-0.39, 0.29) is 24.0 Å². The molecule has 0 radical (unpaired) electrons. The van der Waals surface area contributed by atoms with Gasteiger partial charge in [-0.1, -0.05) is 32.0 Å². The number of guanidine groups is 1. The fourth-order valence-corrected chi connectivity index (χ4v) is 2.80. The van der Waals surface area contributed by atoms with Gasteiger partial charge in [0.05, 0.1) is 18.8 Å². The molecule has 0 bridgehead atoms. The van der Waals surface area contributed by atoms with Gasteiger partial charge in [-0.05, 0) is 18.1 Å². The van der Waals surface area contributed by atoms with Gasteiger partial charge in [0.1, 0.15) is 17.4 Å². The van der Waals surface area contributed by atoms with Crippen LogP contribution in [0.15, 0.2) is 40.7 Å². The van der Waals surface area contributed by atoms with Crippen LogP contribution < -0.4 is 15.4 Å². The first-order valence-corrected chi connectivity index (χ1v) is 8.63. The van der Waals surface area contributed by atoms with Gasteiger partial charge < -0.3 is 15.4 Å². The molecule has 1 heterocycles. The first kappa shape index (κ1) is 20.7. The maximum Gasteiger partial charge on any atom is 0.191 e. The summed E-state index contributed by atoms with van der Waals surface area (Å²) >= 11 is 1.67. The molecule has 132 valence electrons. The molecule has 2 aromatic rings. The minimum atomic E-state index is 0. The van der Waals surface area contributed by atoms with E-state index in [9.17, 15) is 0 Å². The zero-order chi connectivity index (χ0) is 16.5. The molecule has 2 rings (SSSR count). The highest BCUT2D eigenvalue weighted by atomic mass is 127. The van der Waals surface area contributed by atoms with Crippen LogP contribution in [0.5, 0.6) is 5.75 Å². The number of ether oxygens (including phenoxy) is 1. The third kappa shape index (κ3) is 7.04. The summed E-state index contributed by atoms with van der Waals surface area (Å²) in [5.74, 6) is 2.09. The first-order chi connectivity index (χ1) is 11.2. The lowest BCUT2D eigenvalue weighted by Gasteiger charge is -2.11. The summed E-state index contributed by atoms with van der Waals surface area (Å²) in [6.07, 6.45) is 0. The molecule has 7 heteroatoms. The maximum atomic E-state index is 5.64. The number of nitrogens with zero attached hydrogens (tertiary/aromatic N) is 2. The number of aliphatic imine (C=N–C) groups is 1. The predicted molar refractivity (Wildman–Crippen MR) is 112 cm³/mol. The SMILES string of the molecule is CN=C(NCCOc1ccccc1)NCc1nc(C(C)C)cs1.I. The summed E-state index contributed by atoms with van der Waals surface area (Å²) in [4.78, 5) is 8.81. The summed E-state index contributed by atoms with van der Waals surface area (Å²) in [7, 11) is 1.76. The van der Waals surface area contributed by atoms with Crippen molar-refractivity contribution in [3.05, 3.63) is 46.4 Å². The highest BCUT2D eigenvalue weighted by Gasteiger charge is 2.06. The zero-order valence-electron chi connectivity index (χ0n) is 14.3. The standard InChI is InChI=1S/C17H24N4OS.HI/c1-13(2)15-12-23-16(21-15)11-20-17(18-3)19-9-10-22-14-7-5-4-6-8-14;/h4-8,12-13H,9-11H2,1-3H3,(H2,18,19,20);1H. The molecule has 0 aliphatic heterocycles. The maximum absolute atomic E-state index is 5.64. The average Bonchev–Trinajstić information content (AvgIpc) is 3.04. The highest BCUT2D eigenvalue weighted by molar-refractivity contribution is 14.0. The van der Waals surface area contributed by atoms with Crippen molar-refractivity contribution in [1.29, 1.82) is 0 Å². The Morgan fingerprint density at radius 1 is 1.25 bits per heavy atom. The van der Waals surface area contributed by atoms with Gasteiger partial charge in [0, 0.05) is 12.4 Å². The molecule has 0 fully saturated rings. The molecule has 0 unspecified atom stereocenters. The van der Waals surface area contributed by atoms with E-state index in [2.05, 4.69) is 39.8 Å². The van der Waals surface area contributed by atoms with Crippen molar-refractivity contribution < 1.29 is 4.74 Å². The Balaban J connectivity index is 0.00000288. The zero-order valence-corrected chi connectivity index (χ0v) is 17.4. The van der Waals surface area contributed by atoms with E-state index in [0.29, 0.717) is 25.6 Å².